The molecule has 2 N–H and O–H groups in total. The molecule has 0 saturated carbocycles. The molecule has 0 unspecified atom stereocenters. The van der Waals surface area contributed by atoms with Crippen LogP contribution < -0.4 is 5.73 Å². The first-order chi connectivity index (χ1) is 8.40. The minimum Gasteiger partial charge on any atom is -0.325 e. The molecule has 0 radical (unpaired) electrons. The molecule has 0 bridgehead atoms. The summed E-state index contributed by atoms with van der Waals surface area (Å²) in [7, 11) is 0. The molecule has 0 spiro atoms. The van der Waals surface area contributed by atoms with Crippen molar-refractivity contribution in [2.75, 3.05) is 0 Å². The third-order valence-corrected chi connectivity index (χ3v) is 2.74. The van der Waals surface area contributed by atoms with Gasteiger partial charge in [0, 0.05) is 18.4 Å². The maximum absolute atomic E-state index is 5.75. The Balaban J connectivity index is 2.31. The highest BCUT2D eigenvalue weighted by Gasteiger charge is 2.09. The molecule has 0 aliphatic rings. The van der Waals surface area contributed by atoms with Crippen LogP contribution in [-0.2, 0) is 6.54 Å². The molecule has 84 valence electrons. The van der Waals surface area contributed by atoms with Gasteiger partial charge in [0.2, 0.25) is 0 Å². The van der Waals surface area contributed by atoms with E-state index in [1.807, 2.05) is 47.0 Å². The molecule has 3 heterocycles. The van der Waals surface area contributed by atoms with E-state index in [1.165, 1.54) is 0 Å². The van der Waals surface area contributed by atoms with Gasteiger partial charge >= 0.3 is 0 Å². The van der Waals surface area contributed by atoms with Gasteiger partial charge in [-0.2, -0.15) is 0 Å². The Morgan fingerprint density at radius 2 is 2.00 bits per heavy atom. The van der Waals surface area contributed by atoms with Gasteiger partial charge in [0.1, 0.15) is 5.69 Å². The first-order valence-corrected chi connectivity index (χ1v) is 5.47. The summed E-state index contributed by atoms with van der Waals surface area (Å²) in [6.45, 7) is 0.480. The molecule has 0 aromatic carbocycles. The second kappa shape index (κ2) is 3.99. The topological polar surface area (TPSA) is 56.2 Å². The van der Waals surface area contributed by atoms with Crippen molar-refractivity contribution < 1.29 is 0 Å². The smallest absolute Gasteiger partial charge is 0.163 e. The van der Waals surface area contributed by atoms with Crippen LogP contribution in [0.4, 0.5) is 0 Å². The molecule has 0 fully saturated rings. The summed E-state index contributed by atoms with van der Waals surface area (Å²) in [5.41, 5.74) is 8.67. The van der Waals surface area contributed by atoms with E-state index < -0.39 is 0 Å². The largest absolute Gasteiger partial charge is 0.325 e. The molecule has 3 rings (SSSR count). The highest BCUT2D eigenvalue weighted by molar-refractivity contribution is 5.59. The Kier molecular flexibility index (Phi) is 2.34. The quantitative estimate of drug-likeness (QED) is 0.722. The van der Waals surface area contributed by atoms with Crippen LogP contribution >= 0.6 is 0 Å². The van der Waals surface area contributed by atoms with E-state index in [-0.39, 0.29) is 0 Å². The zero-order valence-electron chi connectivity index (χ0n) is 9.24. The summed E-state index contributed by atoms with van der Waals surface area (Å²) in [5, 5.41) is 0. The zero-order chi connectivity index (χ0) is 11.7. The summed E-state index contributed by atoms with van der Waals surface area (Å²) in [6.07, 6.45) is 3.60. The number of aromatic nitrogens is 3. The Hall–Kier alpha value is -2.20. The van der Waals surface area contributed by atoms with E-state index in [0.717, 1.165) is 22.7 Å². The number of nitrogens with zero attached hydrogens (tertiary/aromatic N) is 3. The summed E-state index contributed by atoms with van der Waals surface area (Å²) in [4.78, 5) is 8.74. The van der Waals surface area contributed by atoms with Crippen molar-refractivity contribution in [3.63, 3.8) is 0 Å². The van der Waals surface area contributed by atoms with Crippen molar-refractivity contribution >= 4 is 5.52 Å². The summed E-state index contributed by atoms with van der Waals surface area (Å²) in [6, 6.07) is 11.8. The third kappa shape index (κ3) is 1.59. The first-order valence-electron chi connectivity index (χ1n) is 5.47. The average molecular weight is 224 g/mol. The first kappa shape index (κ1) is 9.99. The number of pyridine rings is 2. The van der Waals surface area contributed by atoms with Crippen molar-refractivity contribution in [2.45, 2.75) is 6.54 Å². The fourth-order valence-electron chi connectivity index (χ4n) is 1.95. The molecule has 3 aromatic heterocycles. The highest BCUT2D eigenvalue weighted by atomic mass is 15.0. The lowest BCUT2D eigenvalue weighted by molar-refractivity contribution is 0.942. The molecule has 4 heteroatoms. The van der Waals surface area contributed by atoms with Gasteiger partial charge in [-0.15, -0.1) is 0 Å². The highest BCUT2D eigenvalue weighted by Crippen LogP contribution is 2.19. The molecular formula is C13H12N4. The standard InChI is InChI=1S/C13H12N4/c14-8-10-4-3-5-11-9-16-13(17(10)11)12-6-1-2-7-15-12/h1-7,9H,8,14H2. The molecule has 17 heavy (non-hydrogen) atoms. The lowest BCUT2D eigenvalue weighted by Gasteiger charge is -2.06. The Morgan fingerprint density at radius 3 is 2.76 bits per heavy atom. The second-order valence-electron chi connectivity index (χ2n) is 3.78. The van der Waals surface area contributed by atoms with Gasteiger partial charge in [0.25, 0.3) is 0 Å². The van der Waals surface area contributed by atoms with Crippen LogP contribution in [0.25, 0.3) is 17.0 Å². The van der Waals surface area contributed by atoms with Gasteiger partial charge in [0.05, 0.1) is 11.7 Å². The van der Waals surface area contributed by atoms with Crippen LogP contribution in [0.3, 0.4) is 0 Å². The maximum atomic E-state index is 5.75. The predicted molar refractivity (Wildman–Crippen MR) is 66.3 cm³/mol. The molecular weight excluding hydrogens is 212 g/mol. The molecule has 0 amide bonds. The number of hydrogen-bond acceptors (Lipinski definition) is 3. The minimum atomic E-state index is 0.480. The molecule has 0 aliphatic carbocycles. The summed E-state index contributed by atoms with van der Waals surface area (Å²) >= 11 is 0. The zero-order valence-corrected chi connectivity index (χ0v) is 9.24. The summed E-state index contributed by atoms with van der Waals surface area (Å²) in [5.74, 6) is 0.835. The predicted octanol–water partition coefficient (Wildman–Crippen LogP) is 1.85. The van der Waals surface area contributed by atoms with Gasteiger partial charge in [0.15, 0.2) is 5.82 Å². The summed E-state index contributed by atoms with van der Waals surface area (Å²) < 4.78 is 2.04. The molecule has 0 saturated heterocycles. The molecule has 3 aromatic rings. The number of nitrogens with two attached hydrogens (primary N) is 1. The monoisotopic (exact) mass is 224 g/mol. The minimum absolute atomic E-state index is 0.480. The van der Waals surface area contributed by atoms with Gasteiger partial charge in [-0.05, 0) is 24.3 Å². The maximum Gasteiger partial charge on any atom is 0.163 e. The Bertz CT molecular complexity index is 643. The lowest BCUT2D eigenvalue weighted by Crippen LogP contribution is -2.05. The third-order valence-electron chi connectivity index (χ3n) is 2.74. The average Bonchev–Trinajstić information content (AvgIpc) is 2.83. The lowest BCUT2D eigenvalue weighted by atomic mass is 10.3. The van der Waals surface area contributed by atoms with Gasteiger partial charge in [-0.3, -0.25) is 9.38 Å². The number of rotatable bonds is 2. The SMILES string of the molecule is NCc1cccc2cnc(-c3ccccn3)n12. The van der Waals surface area contributed by atoms with Crippen molar-refractivity contribution in [1.82, 2.24) is 14.4 Å². The molecule has 4 nitrogen and oxygen atoms in total. The van der Waals surface area contributed by atoms with Crippen LogP contribution in [0, 0.1) is 0 Å². The van der Waals surface area contributed by atoms with Gasteiger partial charge in [-0.1, -0.05) is 12.1 Å². The fourth-order valence-corrected chi connectivity index (χ4v) is 1.95. The van der Waals surface area contributed by atoms with E-state index in [1.54, 1.807) is 6.20 Å². The number of imidazole rings is 1. The number of hydrogen-bond donors (Lipinski definition) is 1. The van der Waals surface area contributed by atoms with Crippen molar-refractivity contribution in [1.29, 1.82) is 0 Å². The van der Waals surface area contributed by atoms with Crippen molar-refractivity contribution in [2.24, 2.45) is 5.73 Å². The van der Waals surface area contributed by atoms with Crippen LogP contribution in [0.15, 0.2) is 48.8 Å². The van der Waals surface area contributed by atoms with E-state index in [9.17, 15) is 0 Å². The van der Waals surface area contributed by atoms with Crippen LogP contribution in [0.2, 0.25) is 0 Å². The fraction of sp³-hybridized carbons (Fsp3) is 0.0769. The van der Waals surface area contributed by atoms with Crippen LogP contribution in [0.1, 0.15) is 5.69 Å². The van der Waals surface area contributed by atoms with E-state index in [2.05, 4.69) is 9.97 Å². The van der Waals surface area contributed by atoms with Crippen LogP contribution in [0.5, 0.6) is 0 Å². The van der Waals surface area contributed by atoms with E-state index in [0.29, 0.717) is 6.54 Å². The Morgan fingerprint density at radius 1 is 1.06 bits per heavy atom. The normalized spacial score (nSPS) is 10.9. The van der Waals surface area contributed by atoms with Gasteiger partial charge in [-0.25, -0.2) is 4.98 Å². The van der Waals surface area contributed by atoms with E-state index in [4.69, 9.17) is 5.73 Å². The van der Waals surface area contributed by atoms with E-state index >= 15 is 0 Å². The van der Waals surface area contributed by atoms with Crippen LogP contribution in [-0.4, -0.2) is 14.4 Å². The molecule has 0 aliphatic heterocycles. The van der Waals surface area contributed by atoms with Crippen molar-refractivity contribution in [3.8, 4) is 11.5 Å². The van der Waals surface area contributed by atoms with Crippen molar-refractivity contribution in [3.05, 3.63) is 54.5 Å². The van der Waals surface area contributed by atoms with Gasteiger partial charge < -0.3 is 5.73 Å². The second-order valence-corrected chi connectivity index (χ2v) is 3.78. The molecule has 0 atom stereocenters. The number of fused-ring (bicyclic) bond motifs is 1. The Labute approximate surface area is 98.8 Å².